The van der Waals surface area contributed by atoms with Gasteiger partial charge in [0.15, 0.2) is 0 Å². The lowest BCUT2D eigenvalue weighted by molar-refractivity contribution is -0.134. The van der Waals surface area contributed by atoms with Crippen LogP contribution in [0.15, 0.2) is 29.3 Å². The van der Waals surface area contributed by atoms with Gasteiger partial charge in [-0.15, -0.1) is 0 Å². The van der Waals surface area contributed by atoms with Crippen molar-refractivity contribution in [2.24, 2.45) is 4.99 Å². The zero-order chi connectivity index (χ0) is 11.8. The number of nitrogens with zero attached hydrogens (tertiary/aromatic N) is 1. The first-order valence-corrected chi connectivity index (χ1v) is 5.05. The molecular formula is C12H15NO3. The number of rotatable bonds is 5. The lowest BCUT2D eigenvalue weighted by Gasteiger charge is -2.00. The fourth-order valence-corrected chi connectivity index (χ4v) is 1.14. The van der Waals surface area contributed by atoms with Gasteiger partial charge in [-0.2, -0.15) is 0 Å². The molecule has 0 atom stereocenters. The van der Waals surface area contributed by atoms with E-state index < -0.39 is 5.97 Å². The van der Waals surface area contributed by atoms with E-state index >= 15 is 0 Å². The van der Waals surface area contributed by atoms with Crippen molar-refractivity contribution in [1.29, 1.82) is 0 Å². The lowest BCUT2D eigenvalue weighted by Crippen LogP contribution is -2.04. The van der Waals surface area contributed by atoms with Crippen molar-refractivity contribution in [2.45, 2.75) is 13.5 Å². The molecule has 0 unspecified atom stereocenters. The van der Waals surface area contributed by atoms with E-state index in [0.29, 0.717) is 13.2 Å². The Morgan fingerprint density at radius 3 is 2.62 bits per heavy atom. The second-order valence-corrected chi connectivity index (χ2v) is 3.07. The van der Waals surface area contributed by atoms with Crippen LogP contribution in [-0.4, -0.2) is 25.9 Å². The van der Waals surface area contributed by atoms with Crippen LogP contribution in [0.2, 0.25) is 0 Å². The minimum Gasteiger partial charge on any atom is -0.497 e. The summed E-state index contributed by atoms with van der Waals surface area (Å²) in [6.07, 6.45) is 1.20. The molecule has 0 fully saturated rings. The second kappa shape index (κ2) is 6.61. The van der Waals surface area contributed by atoms with Gasteiger partial charge >= 0.3 is 5.97 Å². The van der Waals surface area contributed by atoms with E-state index in [2.05, 4.69) is 4.99 Å². The van der Waals surface area contributed by atoms with E-state index in [0.717, 1.165) is 11.3 Å². The van der Waals surface area contributed by atoms with E-state index in [4.69, 9.17) is 9.47 Å². The van der Waals surface area contributed by atoms with Gasteiger partial charge in [0, 0.05) is 0 Å². The standard InChI is InChI=1S/C12H15NO3/c1-3-16-12(14)9-13-8-10-4-6-11(15-2)7-5-10/h4-7,9H,3,8H2,1-2H3. The third kappa shape index (κ3) is 4.13. The molecule has 0 aliphatic heterocycles. The van der Waals surface area contributed by atoms with Crippen LogP contribution in [0.25, 0.3) is 0 Å². The number of ether oxygens (including phenoxy) is 2. The molecule has 0 N–H and O–H groups in total. The highest BCUT2D eigenvalue weighted by atomic mass is 16.5. The molecule has 0 bridgehead atoms. The highest BCUT2D eigenvalue weighted by Gasteiger charge is 1.95. The maximum absolute atomic E-state index is 10.9. The summed E-state index contributed by atoms with van der Waals surface area (Å²) in [4.78, 5) is 14.9. The normalized spacial score (nSPS) is 10.4. The van der Waals surface area contributed by atoms with E-state index in [9.17, 15) is 4.79 Å². The average molecular weight is 221 g/mol. The van der Waals surface area contributed by atoms with Crippen LogP contribution in [-0.2, 0) is 16.1 Å². The molecule has 4 heteroatoms. The molecule has 0 saturated carbocycles. The third-order valence-corrected chi connectivity index (χ3v) is 1.92. The minimum atomic E-state index is -0.406. The van der Waals surface area contributed by atoms with Crippen molar-refractivity contribution in [1.82, 2.24) is 0 Å². The Kier molecular flexibility index (Phi) is 5.05. The first kappa shape index (κ1) is 12.2. The van der Waals surface area contributed by atoms with Gasteiger partial charge in [-0.1, -0.05) is 12.1 Å². The van der Waals surface area contributed by atoms with Gasteiger partial charge in [0.25, 0.3) is 0 Å². The van der Waals surface area contributed by atoms with Crippen LogP contribution in [0, 0.1) is 0 Å². The Balaban J connectivity index is 2.45. The molecule has 86 valence electrons. The molecular weight excluding hydrogens is 206 g/mol. The number of carbonyl (C=O) groups excluding carboxylic acids is 1. The molecule has 0 aliphatic rings. The van der Waals surface area contributed by atoms with Crippen molar-refractivity contribution in [3.8, 4) is 5.75 Å². The molecule has 0 spiro atoms. The fourth-order valence-electron chi connectivity index (χ4n) is 1.14. The largest absolute Gasteiger partial charge is 0.497 e. The summed E-state index contributed by atoms with van der Waals surface area (Å²) in [5.41, 5.74) is 1.02. The van der Waals surface area contributed by atoms with Gasteiger partial charge < -0.3 is 9.47 Å². The first-order valence-electron chi connectivity index (χ1n) is 5.05. The number of esters is 1. The van der Waals surface area contributed by atoms with Gasteiger partial charge in [0.2, 0.25) is 0 Å². The Bertz CT molecular complexity index is 357. The zero-order valence-corrected chi connectivity index (χ0v) is 9.47. The fraction of sp³-hybridized carbons (Fsp3) is 0.333. The first-order chi connectivity index (χ1) is 7.76. The second-order valence-electron chi connectivity index (χ2n) is 3.07. The van der Waals surface area contributed by atoms with Crippen LogP contribution in [0.3, 0.4) is 0 Å². The number of aliphatic imine (C=N–C) groups is 1. The quantitative estimate of drug-likeness (QED) is 0.563. The highest BCUT2D eigenvalue weighted by Crippen LogP contribution is 2.11. The summed E-state index contributed by atoms with van der Waals surface area (Å²) < 4.78 is 9.74. The van der Waals surface area contributed by atoms with Crippen LogP contribution in [0.4, 0.5) is 0 Å². The van der Waals surface area contributed by atoms with E-state index in [1.165, 1.54) is 6.21 Å². The average Bonchev–Trinajstić information content (AvgIpc) is 2.30. The van der Waals surface area contributed by atoms with Gasteiger partial charge in [0.05, 0.1) is 20.3 Å². The summed E-state index contributed by atoms with van der Waals surface area (Å²) in [6, 6.07) is 7.52. The van der Waals surface area contributed by atoms with Crippen LogP contribution >= 0.6 is 0 Å². The molecule has 0 amide bonds. The monoisotopic (exact) mass is 221 g/mol. The zero-order valence-electron chi connectivity index (χ0n) is 9.47. The van der Waals surface area contributed by atoms with Crippen LogP contribution in [0.5, 0.6) is 5.75 Å². The maximum Gasteiger partial charge on any atom is 0.348 e. The smallest absolute Gasteiger partial charge is 0.348 e. The predicted molar refractivity (Wildman–Crippen MR) is 61.8 cm³/mol. The SMILES string of the molecule is CCOC(=O)C=NCc1ccc(OC)cc1. The molecule has 0 aromatic heterocycles. The summed E-state index contributed by atoms with van der Waals surface area (Å²) >= 11 is 0. The Morgan fingerprint density at radius 2 is 2.06 bits per heavy atom. The van der Waals surface area contributed by atoms with Crippen molar-refractivity contribution in [3.05, 3.63) is 29.8 Å². The number of benzene rings is 1. The van der Waals surface area contributed by atoms with Crippen molar-refractivity contribution < 1.29 is 14.3 Å². The number of hydrogen-bond acceptors (Lipinski definition) is 4. The lowest BCUT2D eigenvalue weighted by atomic mass is 10.2. The number of methoxy groups -OCH3 is 1. The molecule has 1 aromatic rings. The summed E-state index contributed by atoms with van der Waals surface area (Å²) in [5.74, 6) is 0.397. The molecule has 1 rings (SSSR count). The van der Waals surface area contributed by atoms with Gasteiger partial charge in [0.1, 0.15) is 12.0 Å². The molecule has 0 radical (unpaired) electrons. The summed E-state index contributed by atoms with van der Waals surface area (Å²) in [7, 11) is 1.62. The molecule has 4 nitrogen and oxygen atoms in total. The van der Waals surface area contributed by atoms with Crippen LogP contribution < -0.4 is 4.74 Å². The molecule has 1 aromatic carbocycles. The van der Waals surface area contributed by atoms with Crippen molar-refractivity contribution in [2.75, 3.05) is 13.7 Å². The van der Waals surface area contributed by atoms with Crippen molar-refractivity contribution in [3.63, 3.8) is 0 Å². The molecule has 0 heterocycles. The number of carbonyl (C=O) groups is 1. The van der Waals surface area contributed by atoms with E-state index in [1.54, 1.807) is 14.0 Å². The highest BCUT2D eigenvalue weighted by molar-refractivity contribution is 6.23. The summed E-state index contributed by atoms with van der Waals surface area (Å²) in [6.45, 7) is 2.59. The van der Waals surface area contributed by atoms with Crippen LogP contribution in [0.1, 0.15) is 12.5 Å². The Labute approximate surface area is 94.9 Å². The Hall–Kier alpha value is -1.84. The Morgan fingerprint density at radius 1 is 1.38 bits per heavy atom. The number of hydrogen-bond donors (Lipinski definition) is 0. The molecule has 16 heavy (non-hydrogen) atoms. The topological polar surface area (TPSA) is 47.9 Å². The van der Waals surface area contributed by atoms with E-state index in [-0.39, 0.29) is 0 Å². The summed E-state index contributed by atoms with van der Waals surface area (Å²) in [5, 5.41) is 0. The molecule has 0 aliphatic carbocycles. The molecule has 0 saturated heterocycles. The third-order valence-electron chi connectivity index (χ3n) is 1.92. The van der Waals surface area contributed by atoms with Gasteiger partial charge in [-0.25, -0.2) is 4.79 Å². The minimum absolute atomic E-state index is 0.368. The van der Waals surface area contributed by atoms with Crippen molar-refractivity contribution >= 4 is 12.2 Å². The predicted octanol–water partition coefficient (Wildman–Crippen LogP) is 1.83. The maximum atomic E-state index is 10.9. The van der Waals surface area contributed by atoms with Gasteiger partial charge in [-0.3, -0.25) is 4.99 Å². The van der Waals surface area contributed by atoms with E-state index in [1.807, 2.05) is 24.3 Å². The van der Waals surface area contributed by atoms with Gasteiger partial charge in [-0.05, 0) is 24.6 Å².